The number of hydrogen-bond acceptors (Lipinski definition) is 5. The molecule has 0 saturated carbocycles. The average Bonchev–Trinajstić information content (AvgIpc) is 2.51. The molecule has 0 radical (unpaired) electrons. The maximum absolute atomic E-state index is 12.9. The van der Waals surface area contributed by atoms with Crippen molar-refractivity contribution >= 4 is 11.9 Å². The van der Waals surface area contributed by atoms with Gasteiger partial charge in [0.15, 0.2) is 6.61 Å². The van der Waals surface area contributed by atoms with E-state index >= 15 is 0 Å². The van der Waals surface area contributed by atoms with Crippen LogP contribution in [0.4, 0.5) is 19.1 Å². The van der Waals surface area contributed by atoms with Crippen LogP contribution in [0.15, 0.2) is 36.5 Å². The maximum atomic E-state index is 12.9. The molecule has 6 nitrogen and oxygen atoms in total. The van der Waals surface area contributed by atoms with Gasteiger partial charge in [0.05, 0.1) is 5.56 Å². The molecule has 0 aliphatic rings. The molecule has 0 unspecified atom stereocenters. The highest BCUT2D eigenvalue weighted by molar-refractivity contribution is 5.68. The van der Waals surface area contributed by atoms with Gasteiger partial charge in [0.1, 0.15) is 0 Å². The smallest absolute Gasteiger partial charge is 0.416 e. The number of anilines is 1. The van der Waals surface area contributed by atoms with Gasteiger partial charge in [0.25, 0.3) is 0 Å². The van der Waals surface area contributed by atoms with Crippen LogP contribution in [0.3, 0.4) is 0 Å². The number of halogens is 3. The summed E-state index contributed by atoms with van der Waals surface area (Å²) in [7, 11) is 0. The second-order valence-electron chi connectivity index (χ2n) is 4.41. The molecule has 2 aromatic rings. The molecular formula is C14H12F3N3O3. The summed E-state index contributed by atoms with van der Waals surface area (Å²) in [4.78, 5) is 18.1. The summed E-state index contributed by atoms with van der Waals surface area (Å²) < 4.78 is 43.5. The van der Waals surface area contributed by atoms with Crippen molar-refractivity contribution in [1.29, 1.82) is 0 Å². The van der Waals surface area contributed by atoms with Gasteiger partial charge in [0, 0.05) is 18.8 Å². The van der Waals surface area contributed by atoms with Gasteiger partial charge in [0.2, 0.25) is 11.8 Å². The van der Waals surface area contributed by atoms with Crippen molar-refractivity contribution in [3.8, 4) is 5.88 Å². The summed E-state index contributed by atoms with van der Waals surface area (Å²) in [6.45, 7) is -0.717. The molecule has 2 rings (SSSR count). The van der Waals surface area contributed by atoms with Gasteiger partial charge in [-0.05, 0) is 11.6 Å². The average molecular weight is 327 g/mol. The Labute approximate surface area is 129 Å². The summed E-state index contributed by atoms with van der Waals surface area (Å²) in [5, 5.41) is 11.2. The minimum Gasteiger partial charge on any atom is -0.479 e. The summed E-state index contributed by atoms with van der Waals surface area (Å²) >= 11 is 0. The van der Waals surface area contributed by atoms with Crippen LogP contribution in [0.5, 0.6) is 5.88 Å². The third kappa shape index (κ3) is 4.83. The molecule has 0 aliphatic carbocycles. The minimum absolute atomic E-state index is 0.00834. The van der Waals surface area contributed by atoms with Crippen LogP contribution in [0.25, 0.3) is 0 Å². The Hall–Kier alpha value is -2.84. The van der Waals surface area contributed by atoms with Crippen molar-refractivity contribution in [2.45, 2.75) is 12.7 Å². The molecule has 122 valence electrons. The number of hydrogen-bond donors (Lipinski definition) is 2. The molecule has 0 spiro atoms. The number of carboxylic acids is 1. The number of aromatic nitrogens is 2. The first kappa shape index (κ1) is 16.5. The van der Waals surface area contributed by atoms with Gasteiger partial charge < -0.3 is 15.2 Å². The fraction of sp³-hybridized carbons (Fsp3) is 0.214. The molecular weight excluding hydrogens is 315 g/mol. The monoisotopic (exact) mass is 327 g/mol. The highest BCUT2D eigenvalue weighted by atomic mass is 19.4. The number of nitrogens with one attached hydrogen (secondary N) is 1. The second kappa shape index (κ2) is 6.95. The van der Waals surface area contributed by atoms with E-state index in [1.165, 1.54) is 30.5 Å². The van der Waals surface area contributed by atoms with E-state index in [0.717, 1.165) is 6.07 Å². The van der Waals surface area contributed by atoms with Gasteiger partial charge in [-0.15, -0.1) is 0 Å². The van der Waals surface area contributed by atoms with Gasteiger partial charge in [-0.3, -0.25) is 0 Å². The number of nitrogens with zero attached hydrogens (tertiary/aromatic N) is 2. The predicted octanol–water partition coefficient (Wildman–Crippen LogP) is 2.57. The van der Waals surface area contributed by atoms with E-state index in [1.54, 1.807) is 0 Å². The zero-order chi connectivity index (χ0) is 16.9. The lowest BCUT2D eigenvalue weighted by molar-refractivity contribution is -0.139. The largest absolute Gasteiger partial charge is 0.479 e. The molecule has 0 aliphatic heterocycles. The molecule has 0 saturated heterocycles. The van der Waals surface area contributed by atoms with Crippen LogP contribution in [-0.4, -0.2) is 27.7 Å². The number of carboxylic acid groups (broad SMARTS) is 1. The Kier molecular flexibility index (Phi) is 4.99. The molecule has 0 fully saturated rings. The van der Waals surface area contributed by atoms with Gasteiger partial charge in [-0.25, -0.2) is 9.78 Å². The van der Waals surface area contributed by atoms with E-state index in [0.29, 0.717) is 0 Å². The molecule has 1 heterocycles. The lowest BCUT2D eigenvalue weighted by atomic mass is 10.1. The zero-order valence-corrected chi connectivity index (χ0v) is 11.7. The first-order valence-electron chi connectivity index (χ1n) is 6.43. The molecule has 9 heteroatoms. The zero-order valence-electron chi connectivity index (χ0n) is 11.7. The van der Waals surface area contributed by atoms with Gasteiger partial charge in [-0.2, -0.15) is 18.2 Å². The highest BCUT2D eigenvalue weighted by Gasteiger charge is 2.32. The van der Waals surface area contributed by atoms with Crippen molar-refractivity contribution < 1.29 is 27.8 Å². The summed E-state index contributed by atoms with van der Waals surface area (Å²) in [6.07, 6.45) is -3.15. The van der Waals surface area contributed by atoms with E-state index in [2.05, 4.69) is 15.3 Å². The Morgan fingerprint density at radius 1 is 1.26 bits per heavy atom. The summed E-state index contributed by atoms with van der Waals surface area (Å²) in [5.41, 5.74) is -0.703. The second-order valence-corrected chi connectivity index (χ2v) is 4.41. The fourth-order valence-corrected chi connectivity index (χ4v) is 1.77. The Morgan fingerprint density at radius 3 is 2.70 bits per heavy atom. The fourth-order valence-electron chi connectivity index (χ4n) is 1.77. The van der Waals surface area contributed by atoms with Gasteiger partial charge in [-0.1, -0.05) is 18.2 Å². The number of alkyl halides is 3. The van der Waals surface area contributed by atoms with Crippen molar-refractivity contribution in [2.24, 2.45) is 0 Å². The third-order valence-corrected chi connectivity index (χ3v) is 2.73. The normalized spacial score (nSPS) is 11.1. The molecule has 0 atom stereocenters. The number of rotatable bonds is 6. The van der Waals surface area contributed by atoms with Crippen molar-refractivity contribution in [1.82, 2.24) is 9.97 Å². The Bertz CT molecular complexity index is 692. The minimum atomic E-state index is -4.45. The predicted molar refractivity (Wildman–Crippen MR) is 73.9 cm³/mol. The third-order valence-electron chi connectivity index (χ3n) is 2.73. The molecule has 2 N–H and O–H groups in total. The van der Waals surface area contributed by atoms with Crippen LogP contribution in [-0.2, 0) is 17.5 Å². The lowest BCUT2D eigenvalue weighted by Gasteiger charge is -2.13. The molecule has 0 bridgehead atoms. The SMILES string of the molecule is O=C(O)COc1ccnc(NCc2ccccc2C(F)(F)F)n1. The number of ether oxygens (including phenoxy) is 1. The van der Waals surface area contributed by atoms with Crippen LogP contribution in [0, 0.1) is 0 Å². The Balaban J connectivity index is 2.07. The van der Waals surface area contributed by atoms with E-state index in [-0.39, 0.29) is 23.9 Å². The maximum Gasteiger partial charge on any atom is 0.416 e. The molecule has 0 amide bonds. The van der Waals surface area contributed by atoms with E-state index in [1.807, 2.05) is 0 Å². The van der Waals surface area contributed by atoms with Crippen LogP contribution in [0.1, 0.15) is 11.1 Å². The van der Waals surface area contributed by atoms with Crippen molar-refractivity contribution in [3.05, 3.63) is 47.7 Å². The van der Waals surface area contributed by atoms with Crippen LogP contribution >= 0.6 is 0 Å². The molecule has 23 heavy (non-hydrogen) atoms. The van der Waals surface area contributed by atoms with Gasteiger partial charge >= 0.3 is 12.1 Å². The van der Waals surface area contributed by atoms with E-state index < -0.39 is 24.3 Å². The van der Waals surface area contributed by atoms with E-state index in [4.69, 9.17) is 9.84 Å². The number of benzene rings is 1. The van der Waals surface area contributed by atoms with Crippen LogP contribution in [0.2, 0.25) is 0 Å². The first-order chi connectivity index (χ1) is 10.9. The summed E-state index contributed by atoms with van der Waals surface area (Å²) in [6, 6.07) is 6.49. The van der Waals surface area contributed by atoms with Crippen molar-refractivity contribution in [3.63, 3.8) is 0 Å². The molecule has 1 aromatic heterocycles. The number of aliphatic carboxylic acids is 1. The van der Waals surface area contributed by atoms with E-state index in [9.17, 15) is 18.0 Å². The number of carbonyl (C=O) groups is 1. The lowest BCUT2D eigenvalue weighted by Crippen LogP contribution is -2.13. The quantitative estimate of drug-likeness (QED) is 0.848. The highest BCUT2D eigenvalue weighted by Crippen LogP contribution is 2.32. The topological polar surface area (TPSA) is 84.3 Å². The standard InChI is InChI=1S/C14H12F3N3O3/c15-14(16,17)10-4-2-1-3-9(10)7-19-13-18-6-5-11(20-13)23-8-12(21)22/h1-6H,7-8H2,(H,21,22)(H,18,19,20). The Morgan fingerprint density at radius 2 is 2.00 bits per heavy atom. The van der Waals surface area contributed by atoms with Crippen LogP contribution < -0.4 is 10.1 Å². The summed E-state index contributed by atoms with van der Waals surface area (Å²) in [5.74, 6) is -1.13. The van der Waals surface area contributed by atoms with Crippen molar-refractivity contribution in [2.75, 3.05) is 11.9 Å². The first-order valence-corrected chi connectivity index (χ1v) is 6.43. The molecule has 1 aromatic carbocycles.